The number of benzene rings is 1. The molecule has 0 bridgehead atoms. The third-order valence-electron chi connectivity index (χ3n) is 2.11. The lowest BCUT2D eigenvalue weighted by Gasteiger charge is -2.18. The van der Waals surface area contributed by atoms with Gasteiger partial charge in [0.1, 0.15) is 0 Å². The molecule has 0 spiro atoms. The predicted molar refractivity (Wildman–Crippen MR) is 65.7 cm³/mol. The van der Waals surface area contributed by atoms with Gasteiger partial charge in [-0.15, -0.1) is 12.3 Å². The zero-order chi connectivity index (χ0) is 13.1. The zero-order valence-corrected chi connectivity index (χ0v) is 10.7. The van der Waals surface area contributed by atoms with Crippen molar-refractivity contribution >= 4 is 21.6 Å². The van der Waals surface area contributed by atoms with Gasteiger partial charge in [-0.25, -0.2) is 0 Å². The Morgan fingerprint density at radius 1 is 1.47 bits per heavy atom. The van der Waals surface area contributed by atoms with Gasteiger partial charge >= 0.3 is 6.18 Å². The molecule has 1 N–H and O–H groups in total. The summed E-state index contributed by atoms with van der Waals surface area (Å²) in [5.41, 5.74) is -0.654. The van der Waals surface area contributed by atoms with Crippen LogP contribution in [0.25, 0.3) is 0 Å². The van der Waals surface area contributed by atoms with E-state index < -0.39 is 11.7 Å². The fourth-order valence-corrected chi connectivity index (χ4v) is 1.74. The van der Waals surface area contributed by atoms with E-state index in [2.05, 4.69) is 27.2 Å². The van der Waals surface area contributed by atoms with Crippen molar-refractivity contribution in [3.63, 3.8) is 0 Å². The van der Waals surface area contributed by atoms with Crippen LogP contribution in [0.4, 0.5) is 18.9 Å². The van der Waals surface area contributed by atoms with Crippen molar-refractivity contribution in [1.82, 2.24) is 0 Å². The average Bonchev–Trinajstić information content (AvgIpc) is 2.15. The van der Waals surface area contributed by atoms with Crippen LogP contribution in [0.1, 0.15) is 18.9 Å². The molecule has 17 heavy (non-hydrogen) atoms. The van der Waals surface area contributed by atoms with Crippen LogP contribution < -0.4 is 5.32 Å². The number of terminal acetylenes is 1. The van der Waals surface area contributed by atoms with Crippen molar-refractivity contribution in [3.8, 4) is 12.3 Å². The van der Waals surface area contributed by atoms with E-state index in [1.807, 2.05) is 0 Å². The fraction of sp³-hybridized carbons (Fsp3) is 0.333. The third-order valence-corrected chi connectivity index (χ3v) is 2.61. The summed E-state index contributed by atoms with van der Waals surface area (Å²) < 4.78 is 38.7. The van der Waals surface area contributed by atoms with E-state index in [0.29, 0.717) is 10.9 Å². The Kier molecular flexibility index (Phi) is 4.47. The van der Waals surface area contributed by atoms with Crippen LogP contribution in [-0.2, 0) is 6.18 Å². The maximum absolute atomic E-state index is 12.7. The second-order valence-corrected chi connectivity index (χ2v) is 4.56. The topological polar surface area (TPSA) is 12.0 Å². The lowest BCUT2D eigenvalue weighted by atomic mass is 10.1. The fourth-order valence-electron chi connectivity index (χ4n) is 1.38. The van der Waals surface area contributed by atoms with Crippen molar-refractivity contribution in [2.45, 2.75) is 25.6 Å². The molecular formula is C12H11BrF3N. The Morgan fingerprint density at radius 2 is 2.12 bits per heavy atom. The highest BCUT2D eigenvalue weighted by molar-refractivity contribution is 9.10. The van der Waals surface area contributed by atoms with Gasteiger partial charge in [0.2, 0.25) is 0 Å². The molecule has 1 aromatic rings. The Balaban J connectivity index is 3.04. The monoisotopic (exact) mass is 305 g/mol. The van der Waals surface area contributed by atoms with Gasteiger partial charge in [0.15, 0.2) is 0 Å². The molecule has 5 heteroatoms. The largest absolute Gasteiger partial charge is 0.418 e. The molecule has 92 valence electrons. The highest BCUT2D eigenvalue weighted by atomic mass is 79.9. The molecule has 1 atom stereocenters. The minimum Gasteiger partial charge on any atom is -0.381 e. The highest BCUT2D eigenvalue weighted by Crippen LogP contribution is 2.36. The molecule has 0 radical (unpaired) electrons. The van der Waals surface area contributed by atoms with Crippen LogP contribution in [0.2, 0.25) is 0 Å². The minimum absolute atomic E-state index is 0.0367. The van der Waals surface area contributed by atoms with Crippen LogP contribution in [0, 0.1) is 12.3 Å². The number of halogens is 4. The van der Waals surface area contributed by atoms with Gasteiger partial charge in [0.05, 0.1) is 5.56 Å². The predicted octanol–water partition coefficient (Wildman–Crippen LogP) is 4.29. The number of rotatable bonds is 3. The Labute approximate surface area is 107 Å². The summed E-state index contributed by atoms with van der Waals surface area (Å²) in [6.07, 6.45) is 1.10. The molecule has 1 nitrogen and oxygen atoms in total. The quantitative estimate of drug-likeness (QED) is 0.821. The third kappa shape index (κ3) is 3.97. The van der Waals surface area contributed by atoms with Gasteiger partial charge in [-0.3, -0.25) is 0 Å². The summed E-state index contributed by atoms with van der Waals surface area (Å²) in [5.74, 6) is 2.41. The molecule has 0 aliphatic carbocycles. The van der Waals surface area contributed by atoms with Crippen LogP contribution in [0.3, 0.4) is 0 Å². The van der Waals surface area contributed by atoms with E-state index in [1.54, 1.807) is 6.92 Å². The molecule has 1 aromatic carbocycles. The van der Waals surface area contributed by atoms with E-state index in [-0.39, 0.29) is 11.7 Å². The van der Waals surface area contributed by atoms with Crippen LogP contribution in [0.15, 0.2) is 22.7 Å². The Bertz CT molecular complexity index is 434. The Morgan fingerprint density at radius 3 is 2.65 bits per heavy atom. The summed E-state index contributed by atoms with van der Waals surface area (Å²) in [6.45, 7) is 1.74. The van der Waals surface area contributed by atoms with E-state index in [0.717, 1.165) is 6.07 Å². The first-order valence-corrected chi connectivity index (χ1v) is 5.70. The standard InChI is InChI=1S/C12H11BrF3N/c1-3-4-8(2)17-11-7-9(13)5-6-10(11)12(14,15)16/h1,5-8,17H,4H2,2H3. The van der Waals surface area contributed by atoms with Crippen LogP contribution >= 0.6 is 15.9 Å². The molecule has 0 saturated heterocycles. The number of alkyl halides is 3. The first kappa shape index (κ1) is 13.9. The number of hydrogen-bond donors (Lipinski definition) is 1. The van der Waals surface area contributed by atoms with Crippen LogP contribution in [-0.4, -0.2) is 6.04 Å². The molecule has 0 aromatic heterocycles. The molecule has 1 rings (SSSR count). The van der Waals surface area contributed by atoms with E-state index >= 15 is 0 Å². The van der Waals surface area contributed by atoms with Gasteiger partial charge < -0.3 is 5.32 Å². The van der Waals surface area contributed by atoms with E-state index in [1.165, 1.54) is 12.1 Å². The summed E-state index contributed by atoms with van der Waals surface area (Å²) in [5, 5.41) is 2.77. The number of anilines is 1. The van der Waals surface area contributed by atoms with Crippen molar-refractivity contribution in [2.24, 2.45) is 0 Å². The molecular weight excluding hydrogens is 295 g/mol. The summed E-state index contributed by atoms with van der Waals surface area (Å²) >= 11 is 3.14. The summed E-state index contributed by atoms with van der Waals surface area (Å²) in [4.78, 5) is 0. The second-order valence-electron chi connectivity index (χ2n) is 3.64. The van der Waals surface area contributed by atoms with Gasteiger partial charge in [0.25, 0.3) is 0 Å². The van der Waals surface area contributed by atoms with Crippen molar-refractivity contribution in [1.29, 1.82) is 0 Å². The maximum Gasteiger partial charge on any atom is 0.418 e. The van der Waals surface area contributed by atoms with Crippen molar-refractivity contribution < 1.29 is 13.2 Å². The molecule has 0 fully saturated rings. The number of hydrogen-bond acceptors (Lipinski definition) is 1. The molecule has 0 heterocycles. The molecule has 0 aliphatic heterocycles. The lowest BCUT2D eigenvalue weighted by Crippen LogP contribution is -2.18. The van der Waals surface area contributed by atoms with Gasteiger partial charge in [-0.2, -0.15) is 13.2 Å². The molecule has 0 amide bonds. The summed E-state index contributed by atoms with van der Waals surface area (Å²) in [7, 11) is 0. The molecule has 1 unspecified atom stereocenters. The zero-order valence-electron chi connectivity index (χ0n) is 9.11. The maximum atomic E-state index is 12.7. The molecule has 0 aliphatic rings. The minimum atomic E-state index is -4.38. The van der Waals surface area contributed by atoms with E-state index in [9.17, 15) is 13.2 Å². The van der Waals surface area contributed by atoms with Crippen LogP contribution in [0.5, 0.6) is 0 Å². The van der Waals surface area contributed by atoms with Gasteiger partial charge in [0, 0.05) is 22.6 Å². The van der Waals surface area contributed by atoms with E-state index in [4.69, 9.17) is 6.42 Å². The highest BCUT2D eigenvalue weighted by Gasteiger charge is 2.33. The number of nitrogens with one attached hydrogen (secondary N) is 1. The molecule has 0 saturated carbocycles. The smallest absolute Gasteiger partial charge is 0.381 e. The first-order valence-electron chi connectivity index (χ1n) is 4.91. The normalized spacial score (nSPS) is 12.9. The summed E-state index contributed by atoms with van der Waals surface area (Å²) in [6, 6.07) is 3.58. The SMILES string of the molecule is C#CCC(C)Nc1cc(Br)ccc1C(F)(F)F. The Hall–Kier alpha value is -1.15. The van der Waals surface area contributed by atoms with Gasteiger partial charge in [-0.05, 0) is 25.1 Å². The van der Waals surface area contributed by atoms with Gasteiger partial charge in [-0.1, -0.05) is 15.9 Å². The van der Waals surface area contributed by atoms with Crippen molar-refractivity contribution in [3.05, 3.63) is 28.2 Å². The first-order chi connectivity index (χ1) is 7.84. The average molecular weight is 306 g/mol. The van der Waals surface area contributed by atoms with Crippen molar-refractivity contribution in [2.75, 3.05) is 5.32 Å². The lowest BCUT2D eigenvalue weighted by molar-refractivity contribution is -0.137. The second kappa shape index (κ2) is 5.46.